The molecule has 0 heterocycles. The van der Waals surface area contributed by atoms with Gasteiger partial charge < -0.3 is 19.5 Å². The van der Waals surface area contributed by atoms with Gasteiger partial charge in [-0.3, -0.25) is 4.79 Å². The lowest BCUT2D eigenvalue weighted by Crippen LogP contribution is -2.31. The van der Waals surface area contributed by atoms with E-state index in [9.17, 15) is 13.2 Å². The van der Waals surface area contributed by atoms with Crippen LogP contribution in [-0.2, 0) is 14.8 Å². The molecule has 0 bridgehead atoms. The molecule has 0 aliphatic carbocycles. The molecule has 2 rings (SSSR count). The molecule has 170 valence electrons. The van der Waals surface area contributed by atoms with Gasteiger partial charge in [0.1, 0.15) is 5.75 Å². The molecule has 1 atom stereocenters. The average Bonchev–Trinajstić information content (AvgIpc) is 2.78. The fourth-order valence-corrected chi connectivity index (χ4v) is 4.52. The first-order valence-corrected chi connectivity index (χ1v) is 11.4. The normalized spacial score (nSPS) is 12.3. The number of amides is 1. The molecule has 2 aromatic carbocycles. The number of hydrogen-bond acceptors (Lipinski definition) is 6. The first kappa shape index (κ1) is 24.5. The molecule has 1 N–H and O–H groups in total. The second-order valence-electron chi connectivity index (χ2n) is 6.75. The molecule has 0 spiro atoms. The molecule has 2 aromatic rings. The number of carbonyl (C=O) groups is 1. The zero-order valence-corrected chi connectivity index (χ0v) is 19.4. The Bertz CT molecular complexity index is 972. The summed E-state index contributed by atoms with van der Waals surface area (Å²) in [6.07, 6.45) is 0. The Morgan fingerprint density at radius 3 is 2.16 bits per heavy atom. The van der Waals surface area contributed by atoms with Crippen LogP contribution < -0.4 is 19.5 Å². The van der Waals surface area contributed by atoms with E-state index in [4.69, 9.17) is 14.2 Å². The van der Waals surface area contributed by atoms with E-state index in [2.05, 4.69) is 5.32 Å². The van der Waals surface area contributed by atoms with Crippen molar-refractivity contribution in [2.45, 2.75) is 31.7 Å². The highest BCUT2D eigenvalue weighted by molar-refractivity contribution is 7.89. The van der Waals surface area contributed by atoms with Gasteiger partial charge in [-0.05, 0) is 48.9 Å². The molecule has 0 aliphatic rings. The summed E-state index contributed by atoms with van der Waals surface area (Å²) in [5.41, 5.74) is 0.858. The number of carbonyl (C=O) groups excluding carboxylic acids is 1. The second-order valence-corrected chi connectivity index (χ2v) is 8.69. The van der Waals surface area contributed by atoms with Gasteiger partial charge in [-0.25, -0.2) is 8.42 Å². The maximum absolute atomic E-state index is 12.5. The predicted octanol–water partition coefficient (Wildman–Crippen LogP) is 2.99. The van der Waals surface area contributed by atoms with Crippen molar-refractivity contribution >= 4 is 15.9 Å². The van der Waals surface area contributed by atoms with Crippen molar-refractivity contribution in [2.75, 3.05) is 33.9 Å². The number of hydrogen-bond donors (Lipinski definition) is 1. The third kappa shape index (κ3) is 6.11. The van der Waals surface area contributed by atoms with E-state index >= 15 is 0 Å². The van der Waals surface area contributed by atoms with Gasteiger partial charge in [0.2, 0.25) is 10.0 Å². The highest BCUT2D eigenvalue weighted by Gasteiger charge is 2.21. The maximum atomic E-state index is 12.5. The molecule has 0 saturated heterocycles. The van der Waals surface area contributed by atoms with Crippen LogP contribution in [0.1, 0.15) is 32.4 Å². The van der Waals surface area contributed by atoms with Crippen LogP contribution in [0.3, 0.4) is 0 Å². The fraction of sp³-hybridized carbons (Fsp3) is 0.409. The van der Waals surface area contributed by atoms with E-state index in [-0.39, 0.29) is 23.5 Å². The van der Waals surface area contributed by atoms with Gasteiger partial charge in [-0.2, -0.15) is 4.31 Å². The number of nitrogens with one attached hydrogen (secondary N) is 1. The van der Waals surface area contributed by atoms with Gasteiger partial charge >= 0.3 is 0 Å². The number of methoxy groups -OCH3 is 2. The van der Waals surface area contributed by atoms with E-state index in [1.807, 2.05) is 13.0 Å². The Labute approximate surface area is 184 Å². The number of ether oxygens (including phenoxy) is 3. The van der Waals surface area contributed by atoms with Gasteiger partial charge in [0.05, 0.1) is 25.2 Å². The lowest BCUT2D eigenvalue weighted by Gasteiger charge is -2.18. The molecule has 0 radical (unpaired) electrons. The standard InChI is InChI=1S/C22H30N2O6S/c1-6-24(7-2)31(26,27)19-11-9-18(10-12-19)30-15-22(25)23-16(3)17-8-13-20(28-4)21(14-17)29-5/h8-14,16H,6-7,15H2,1-5H3,(H,23,25)/t16-/m1/s1. The molecule has 0 aromatic heterocycles. The molecular formula is C22H30N2O6S. The van der Waals surface area contributed by atoms with E-state index in [1.54, 1.807) is 52.3 Å². The Morgan fingerprint density at radius 2 is 1.61 bits per heavy atom. The van der Waals surface area contributed by atoms with Crippen molar-refractivity contribution in [1.29, 1.82) is 0 Å². The monoisotopic (exact) mass is 450 g/mol. The number of nitrogens with zero attached hydrogens (tertiary/aromatic N) is 1. The third-order valence-corrected chi connectivity index (χ3v) is 6.89. The summed E-state index contributed by atoms with van der Waals surface area (Å²) in [5, 5.41) is 2.86. The van der Waals surface area contributed by atoms with Crippen LogP contribution in [0.15, 0.2) is 47.4 Å². The van der Waals surface area contributed by atoms with Gasteiger partial charge in [-0.15, -0.1) is 0 Å². The van der Waals surface area contributed by atoms with Gasteiger partial charge in [0, 0.05) is 13.1 Å². The summed E-state index contributed by atoms with van der Waals surface area (Å²) in [6.45, 7) is 6.04. The lowest BCUT2D eigenvalue weighted by molar-refractivity contribution is -0.123. The van der Waals surface area contributed by atoms with Crippen molar-refractivity contribution in [3.8, 4) is 17.2 Å². The van der Waals surface area contributed by atoms with E-state index in [1.165, 1.54) is 16.4 Å². The topological polar surface area (TPSA) is 94.2 Å². The summed E-state index contributed by atoms with van der Waals surface area (Å²) >= 11 is 0. The van der Waals surface area contributed by atoms with Crippen LogP contribution in [0.5, 0.6) is 17.2 Å². The molecule has 1 amide bonds. The minimum Gasteiger partial charge on any atom is -0.493 e. The highest BCUT2D eigenvalue weighted by Crippen LogP contribution is 2.29. The molecular weight excluding hydrogens is 420 g/mol. The summed E-state index contributed by atoms with van der Waals surface area (Å²) in [4.78, 5) is 12.5. The van der Waals surface area contributed by atoms with E-state index in [0.717, 1.165) is 5.56 Å². The molecule has 0 aliphatic heterocycles. The number of sulfonamides is 1. The van der Waals surface area contributed by atoms with Crippen LogP contribution in [0.4, 0.5) is 0 Å². The number of rotatable bonds is 11. The minimum absolute atomic E-state index is 0.190. The van der Waals surface area contributed by atoms with E-state index < -0.39 is 10.0 Å². The fourth-order valence-electron chi connectivity index (χ4n) is 3.06. The summed E-state index contributed by atoms with van der Waals surface area (Å²) < 4.78 is 42.4. The zero-order valence-electron chi connectivity index (χ0n) is 18.5. The quantitative estimate of drug-likeness (QED) is 0.566. The molecule has 9 heteroatoms. The zero-order chi connectivity index (χ0) is 23.0. The van der Waals surface area contributed by atoms with Crippen LogP contribution in [0, 0.1) is 0 Å². The first-order chi connectivity index (χ1) is 14.8. The van der Waals surface area contributed by atoms with Gasteiger partial charge in [-0.1, -0.05) is 19.9 Å². The molecule has 0 saturated carbocycles. The molecule has 31 heavy (non-hydrogen) atoms. The van der Waals surface area contributed by atoms with Gasteiger partial charge in [0.25, 0.3) is 5.91 Å². The Balaban J connectivity index is 1.95. The maximum Gasteiger partial charge on any atom is 0.258 e. The van der Waals surface area contributed by atoms with Crippen LogP contribution >= 0.6 is 0 Å². The molecule has 0 unspecified atom stereocenters. The molecule has 0 fully saturated rings. The van der Waals surface area contributed by atoms with Crippen molar-refractivity contribution in [3.05, 3.63) is 48.0 Å². The second kappa shape index (κ2) is 11.0. The summed E-state index contributed by atoms with van der Waals surface area (Å²) in [5.74, 6) is 1.30. The lowest BCUT2D eigenvalue weighted by atomic mass is 10.1. The Kier molecular flexibility index (Phi) is 8.70. The van der Waals surface area contributed by atoms with Crippen LogP contribution in [0.2, 0.25) is 0 Å². The highest BCUT2D eigenvalue weighted by atomic mass is 32.2. The molecule has 8 nitrogen and oxygen atoms in total. The number of benzene rings is 2. The van der Waals surface area contributed by atoms with Crippen molar-refractivity contribution in [2.24, 2.45) is 0 Å². The van der Waals surface area contributed by atoms with Crippen LogP contribution in [0.25, 0.3) is 0 Å². The van der Waals surface area contributed by atoms with Crippen molar-refractivity contribution in [3.63, 3.8) is 0 Å². The van der Waals surface area contributed by atoms with Crippen molar-refractivity contribution < 1.29 is 27.4 Å². The SMILES string of the molecule is CCN(CC)S(=O)(=O)c1ccc(OCC(=O)N[C@H](C)c2ccc(OC)c(OC)c2)cc1. The summed E-state index contributed by atoms with van der Waals surface area (Å²) in [7, 11) is -0.413. The first-order valence-electron chi connectivity index (χ1n) is 10.0. The third-order valence-electron chi connectivity index (χ3n) is 4.82. The average molecular weight is 451 g/mol. The Hall–Kier alpha value is -2.78. The predicted molar refractivity (Wildman–Crippen MR) is 118 cm³/mol. The largest absolute Gasteiger partial charge is 0.493 e. The summed E-state index contributed by atoms with van der Waals surface area (Å²) in [6, 6.07) is 11.2. The van der Waals surface area contributed by atoms with Gasteiger partial charge in [0.15, 0.2) is 18.1 Å². The van der Waals surface area contributed by atoms with Crippen LogP contribution in [-0.4, -0.2) is 52.5 Å². The van der Waals surface area contributed by atoms with Crippen molar-refractivity contribution in [1.82, 2.24) is 9.62 Å². The minimum atomic E-state index is -3.53. The smallest absolute Gasteiger partial charge is 0.258 e. The van der Waals surface area contributed by atoms with E-state index in [0.29, 0.717) is 30.3 Å². The Morgan fingerprint density at radius 1 is 1.00 bits per heavy atom.